The van der Waals surface area contributed by atoms with E-state index >= 15 is 0 Å². The van der Waals surface area contributed by atoms with Gasteiger partial charge in [0.05, 0.1) is 6.42 Å². The van der Waals surface area contributed by atoms with E-state index in [4.69, 9.17) is 16.3 Å². The molecular weight excluding hydrogens is 334 g/mol. The third-order valence-corrected chi connectivity index (χ3v) is 4.10. The van der Waals surface area contributed by atoms with E-state index in [1.165, 1.54) is 0 Å². The van der Waals surface area contributed by atoms with Gasteiger partial charge in [-0.15, -0.1) is 11.8 Å². The quantitative estimate of drug-likeness (QED) is 0.637. The third-order valence-electron chi connectivity index (χ3n) is 3.01. The number of amides is 1. The number of rotatable bonds is 6. The molecule has 0 aliphatic heterocycles. The molecule has 120 valence electrons. The van der Waals surface area contributed by atoms with Gasteiger partial charge in [-0.1, -0.05) is 35.9 Å². The van der Waals surface area contributed by atoms with Crippen LogP contribution in [0, 0.1) is 0 Å². The monoisotopic (exact) mass is 349 g/mol. The van der Waals surface area contributed by atoms with Crippen LogP contribution in [0.3, 0.4) is 0 Å². The summed E-state index contributed by atoms with van der Waals surface area (Å²) in [5.41, 5.74) is 1.34. The Labute approximate surface area is 144 Å². The first-order chi connectivity index (χ1) is 11.1. The first kappa shape index (κ1) is 17.4. The molecule has 0 spiro atoms. The summed E-state index contributed by atoms with van der Waals surface area (Å²) in [4.78, 5) is 24.6. The zero-order valence-electron chi connectivity index (χ0n) is 12.5. The maximum Gasteiger partial charge on any atom is 0.310 e. The van der Waals surface area contributed by atoms with Gasteiger partial charge in [-0.3, -0.25) is 9.59 Å². The van der Waals surface area contributed by atoms with Gasteiger partial charge in [-0.2, -0.15) is 0 Å². The van der Waals surface area contributed by atoms with Crippen LogP contribution in [0.5, 0.6) is 0 Å². The Hall–Kier alpha value is -1.98. The molecule has 0 radical (unpaired) electrons. The van der Waals surface area contributed by atoms with Gasteiger partial charge < -0.3 is 10.1 Å². The van der Waals surface area contributed by atoms with Crippen LogP contribution in [-0.4, -0.2) is 24.7 Å². The Balaban J connectivity index is 1.82. The van der Waals surface area contributed by atoms with Crippen molar-refractivity contribution in [3.8, 4) is 0 Å². The predicted molar refractivity (Wildman–Crippen MR) is 93.0 cm³/mol. The molecule has 0 aliphatic carbocycles. The van der Waals surface area contributed by atoms with E-state index in [9.17, 15) is 9.59 Å². The first-order valence-corrected chi connectivity index (χ1v) is 8.51. The highest BCUT2D eigenvalue weighted by atomic mass is 35.5. The molecule has 1 amide bonds. The molecule has 2 aromatic rings. The molecular formula is C17H16ClNO3S. The smallest absolute Gasteiger partial charge is 0.310 e. The Kier molecular flexibility index (Phi) is 6.50. The van der Waals surface area contributed by atoms with Crippen LogP contribution in [0.25, 0.3) is 0 Å². The lowest BCUT2D eigenvalue weighted by Crippen LogP contribution is -2.21. The molecule has 0 atom stereocenters. The van der Waals surface area contributed by atoms with Crippen LogP contribution in [-0.2, 0) is 20.7 Å². The highest BCUT2D eigenvalue weighted by Gasteiger charge is 2.10. The van der Waals surface area contributed by atoms with Crippen molar-refractivity contribution in [3.63, 3.8) is 0 Å². The number of benzene rings is 2. The number of nitrogens with one attached hydrogen (secondary N) is 1. The van der Waals surface area contributed by atoms with Gasteiger partial charge in [-0.25, -0.2) is 0 Å². The minimum atomic E-state index is -0.494. The summed E-state index contributed by atoms with van der Waals surface area (Å²) in [6.07, 6.45) is 1.99. The van der Waals surface area contributed by atoms with Gasteiger partial charge in [0.1, 0.15) is 0 Å². The fraction of sp³-hybridized carbons (Fsp3) is 0.176. The van der Waals surface area contributed by atoms with Gasteiger partial charge >= 0.3 is 5.97 Å². The number of esters is 1. The summed E-state index contributed by atoms with van der Waals surface area (Å²) in [6, 6.07) is 14.5. The van der Waals surface area contributed by atoms with Crippen LogP contribution < -0.4 is 5.32 Å². The fourth-order valence-corrected chi connectivity index (χ4v) is 2.55. The first-order valence-electron chi connectivity index (χ1n) is 6.91. The number of halogens is 1. The molecule has 0 saturated carbocycles. The second-order valence-corrected chi connectivity index (χ2v) is 6.00. The van der Waals surface area contributed by atoms with Crippen molar-refractivity contribution in [3.05, 3.63) is 59.1 Å². The largest absolute Gasteiger partial charge is 0.455 e. The topological polar surface area (TPSA) is 55.4 Å². The van der Waals surface area contributed by atoms with Gasteiger partial charge in [0.2, 0.25) is 0 Å². The average molecular weight is 350 g/mol. The van der Waals surface area contributed by atoms with Gasteiger partial charge in [0.25, 0.3) is 5.91 Å². The number of carbonyl (C=O) groups excluding carboxylic acids is 2. The van der Waals surface area contributed by atoms with E-state index in [1.54, 1.807) is 42.1 Å². The van der Waals surface area contributed by atoms with Crippen LogP contribution in [0.1, 0.15) is 5.56 Å². The molecule has 4 nitrogen and oxygen atoms in total. The Morgan fingerprint density at radius 1 is 1.17 bits per heavy atom. The maximum atomic E-state index is 11.8. The third kappa shape index (κ3) is 5.62. The van der Waals surface area contributed by atoms with Gasteiger partial charge in [0, 0.05) is 15.6 Å². The van der Waals surface area contributed by atoms with E-state index in [1.807, 2.05) is 24.5 Å². The van der Waals surface area contributed by atoms with Crippen molar-refractivity contribution in [2.45, 2.75) is 11.3 Å². The van der Waals surface area contributed by atoms with Crippen molar-refractivity contribution in [1.82, 2.24) is 0 Å². The van der Waals surface area contributed by atoms with Gasteiger partial charge in [0.15, 0.2) is 6.61 Å². The number of hydrogen-bond acceptors (Lipinski definition) is 4. The number of carbonyl (C=O) groups is 2. The molecule has 23 heavy (non-hydrogen) atoms. The SMILES string of the molecule is CSc1cccc(NC(=O)COC(=O)Cc2ccccc2Cl)c1. The molecule has 0 heterocycles. The highest BCUT2D eigenvalue weighted by molar-refractivity contribution is 7.98. The normalized spacial score (nSPS) is 10.2. The average Bonchev–Trinajstić information content (AvgIpc) is 2.55. The molecule has 2 rings (SSSR count). The fourth-order valence-electron chi connectivity index (χ4n) is 1.89. The molecule has 0 aliphatic rings. The Bertz CT molecular complexity index is 706. The van der Waals surface area contributed by atoms with Crippen LogP contribution in [0.2, 0.25) is 5.02 Å². The maximum absolute atomic E-state index is 11.8. The lowest BCUT2D eigenvalue weighted by Gasteiger charge is -2.08. The van der Waals surface area contributed by atoms with Crippen LogP contribution in [0.4, 0.5) is 5.69 Å². The van der Waals surface area contributed by atoms with E-state index in [2.05, 4.69) is 5.32 Å². The molecule has 0 fully saturated rings. The number of hydrogen-bond donors (Lipinski definition) is 1. The standard InChI is InChI=1S/C17H16ClNO3S/c1-23-14-7-4-6-13(10-14)19-16(20)11-22-17(21)9-12-5-2-3-8-15(12)18/h2-8,10H,9,11H2,1H3,(H,19,20). The number of ether oxygens (including phenoxy) is 1. The van der Waals surface area contributed by atoms with E-state index in [-0.39, 0.29) is 18.9 Å². The second kappa shape index (κ2) is 8.60. The molecule has 0 saturated heterocycles. The zero-order chi connectivity index (χ0) is 16.7. The minimum Gasteiger partial charge on any atom is -0.455 e. The van der Waals surface area contributed by atoms with Crippen molar-refractivity contribution in [2.75, 3.05) is 18.2 Å². The summed E-state index contributed by atoms with van der Waals surface area (Å²) in [7, 11) is 0. The molecule has 1 N–H and O–H groups in total. The summed E-state index contributed by atoms with van der Waals surface area (Å²) in [5, 5.41) is 3.19. The Morgan fingerprint density at radius 2 is 1.96 bits per heavy atom. The molecule has 2 aromatic carbocycles. The van der Waals surface area contributed by atoms with Crippen LogP contribution >= 0.6 is 23.4 Å². The minimum absolute atomic E-state index is 0.0366. The Morgan fingerprint density at radius 3 is 2.70 bits per heavy atom. The number of thioether (sulfide) groups is 1. The van der Waals surface area contributed by atoms with Crippen molar-refractivity contribution in [1.29, 1.82) is 0 Å². The van der Waals surface area contributed by atoms with E-state index in [0.29, 0.717) is 16.3 Å². The molecule has 6 heteroatoms. The predicted octanol–water partition coefficient (Wildman–Crippen LogP) is 3.79. The van der Waals surface area contributed by atoms with Crippen molar-refractivity contribution >= 4 is 40.9 Å². The zero-order valence-corrected chi connectivity index (χ0v) is 14.1. The highest BCUT2D eigenvalue weighted by Crippen LogP contribution is 2.19. The molecule has 0 aromatic heterocycles. The number of anilines is 1. The molecule has 0 unspecified atom stereocenters. The summed E-state index contributed by atoms with van der Waals surface area (Å²) >= 11 is 7.56. The summed E-state index contributed by atoms with van der Waals surface area (Å²) in [6.45, 7) is -0.327. The summed E-state index contributed by atoms with van der Waals surface area (Å²) < 4.78 is 4.98. The summed E-state index contributed by atoms with van der Waals surface area (Å²) in [5.74, 6) is -0.873. The molecule has 0 bridgehead atoms. The van der Waals surface area contributed by atoms with E-state index < -0.39 is 5.97 Å². The van der Waals surface area contributed by atoms with Crippen molar-refractivity contribution < 1.29 is 14.3 Å². The lowest BCUT2D eigenvalue weighted by molar-refractivity contribution is -0.146. The second-order valence-electron chi connectivity index (χ2n) is 4.71. The van der Waals surface area contributed by atoms with Gasteiger partial charge in [-0.05, 0) is 36.1 Å². The van der Waals surface area contributed by atoms with Crippen molar-refractivity contribution in [2.24, 2.45) is 0 Å². The lowest BCUT2D eigenvalue weighted by atomic mass is 10.1. The van der Waals surface area contributed by atoms with Crippen LogP contribution in [0.15, 0.2) is 53.4 Å². The van der Waals surface area contributed by atoms with E-state index in [0.717, 1.165) is 4.90 Å².